The number of pyridine rings is 1. The Hall–Kier alpha value is -4.35. The number of fused-ring (bicyclic) bond motifs is 1. The zero-order valence-electron chi connectivity index (χ0n) is 24.8. The van der Waals surface area contributed by atoms with Gasteiger partial charge in [0, 0.05) is 29.1 Å². The first-order chi connectivity index (χ1) is 21.8. The van der Waals surface area contributed by atoms with Crippen LogP contribution in [0.15, 0.2) is 77.8 Å². The average Bonchev–Trinajstić information content (AvgIpc) is 3.48. The van der Waals surface area contributed by atoms with Crippen molar-refractivity contribution in [2.45, 2.75) is 48.9 Å². The van der Waals surface area contributed by atoms with Crippen molar-refractivity contribution in [1.82, 2.24) is 15.2 Å². The van der Waals surface area contributed by atoms with E-state index in [1.807, 2.05) is 12.1 Å². The molecule has 4 heterocycles. The summed E-state index contributed by atoms with van der Waals surface area (Å²) in [6, 6.07) is 17.4. The van der Waals surface area contributed by atoms with Crippen molar-refractivity contribution >= 4 is 27.7 Å². The first-order valence-electron chi connectivity index (χ1n) is 15.1. The summed E-state index contributed by atoms with van der Waals surface area (Å²) in [6.45, 7) is 2.88. The van der Waals surface area contributed by atoms with Gasteiger partial charge in [0.2, 0.25) is 5.88 Å². The lowest BCUT2D eigenvalue weighted by atomic mass is 9.93. The number of benzene rings is 2. The molecule has 0 spiro atoms. The number of hydrogen-bond acceptors (Lipinski definition) is 11. The van der Waals surface area contributed by atoms with Crippen molar-refractivity contribution in [3.63, 3.8) is 0 Å². The third-order valence-electron chi connectivity index (χ3n) is 8.71. The molecular formula is C32H35N6O6S+. The van der Waals surface area contributed by atoms with E-state index in [0.717, 1.165) is 5.69 Å². The minimum absolute atomic E-state index is 0.133. The van der Waals surface area contributed by atoms with Gasteiger partial charge in [-0.3, -0.25) is 4.90 Å². The Bertz CT molecular complexity index is 1730. The highest BCUT2D eigenvalue weighted by Crippen LogP contribution is 2.45. The van der Waals surface area contributed by atoms with Gasteiger partial charge in [-0.2, -0.15) is 18.5 Å². The van der Waals surface area contributed by atoms with E-state index in [-0.39, 0.29) is 35.5 Å². The van der Waals surface area contributed by atoms with Crippen LogP contribution in [0.4, 0.5) is 10.5 Å². The summed E-state index contributed by atoms with van der Waals surface area (Å²) in [6.07, 6.45) is 0.643. The number of piperidine rings is 1. The van der Waals surface area contributed by atoms with Crippen molar-refractivity contribution in [3.8, 4) is 11.9 Å². The van der Waals surface area contributed by atoms with Gasteiger partial charge in [0.15, 0.2) is 18.2 Å². The maximum Gasteiger partial charge on any atom is 0.540 e. The van der Waals surface area contributed by atoms with Crippen molar-refractivity contribution in [2.24, 2.45) is 0 Å². The van der Waals surface area contributed by atoms with E-state index in [1.54, 1.807) is 42.2 Å². The molecule has 3 aromatic rings. The topological polar surface area (TPSA) is 151 Å². The molecule has 2 saturated heterocycles. The molecule has 2 amide bonds. The molecule has 13 heteroatoms. The number of nitriles is 1. The van der Waals surface area contributed by atoms with Crippen LogP contribution in [0.1, 0.15) is 43.0 Å². The summed E-state index contributed by atoms with van der Waals surface area (Å²) >= 11 is 0. The Morgan fingerprint density at radius 2 is 1.78 bits per heavy atom. The highest BCUT2D eigenvalue weighted by atomic mass is 32.2. The number of nitrogens with zero attached hydrogens (tertiary/aromatic N) is 4. The fourth-order valence-corrected chi connectivity index (χ4v) is 8.36. The van der Waals surface area contributed by atoms with Gasteiger partial charge in [-0.25, -0.2) is 9.78 Å². The zero-order chi connectivity index (χ0) is 31.6. The number of amides is 2. The molecule has 0 aliphatic carbocycles. The van der Waals surface area contributed by atoms with Gasteiger partial charge in [0.1, 0.15) is 11.4 Å². The molecule has 2 fully saturated rings. The number of nitrogens with one attached hydrogen (secondary N) is 2. The minimum atomic E-state index is -4.81. The van der Waals surface area contributed by atoms with Gasteiger partial charge >= 0.3 is 22.0 Å². The first kappa shape index (κ1) is 30.7. The van der Waals surface area contributed by atoms with E-state index in [2.05, 4.69) is 21.7 Å². The van der Waals surface area contributed by atoms with Gasteiger partial charge in [0.05, 0.1) is 19.2 Å². The van der Waals surface area contributed by atoms with Crippen LogP contribution >= 0.6 is 0 Å². The predicted molar refractivity (Wildman–Crippen MR) is 163 cm³/mol. The van der Waals surface area contributed by atoms with E-state index in [0.29, 0.717) is 31.5 Å². The molecule has 2 aromatic carbocycles. The van der Waals surface area contributed by atoms with Crippen LogP contribution in [-0.2, 0) is 19.6 Å². The fraction of sp³-hybridized carbons (Fsp3) is 0.375. The Morgan fingerprint density at radius 1 is 1.07 bits per heavy atom. The normalized spacial score (nSPS) is 25.5. The van der Waals surface area contributed by atoms with Crippen molar-refractivity contribution < 1.29 is 31.4 Å². The van der Waals surface area contributed by atoms with E-state index in [4.69, 9.17) is 9.47 Å². The summed E-state index contributed by atoms with van der Waals surface area (Å²) in [4.78, 5) is 35.7. The molecule has 2 N–H and O–H groups in total. The number of aromatic nitrogens is 1. The second-order valence-corrected chi connectivity index (χ2v) is 13.2. The van der Waals surface area contributed by atoms with Gasteiger partial charge in [0.25, 0.3) is 0 Å². The number of rotatable bonds is 7. The number of piperazine rings is 1. The Balaban J connectivity index is 1.55. The number of carbonyl (C=O) groups is 2. The summed E-state index contributed by atoms with van der Waals surface area (Å²) < 4.78 is 39.6. The van der Waals surface area contributed by atoms with E-state index in [1.165, 1.54) is 30.5 Å². The Kier molecular flexibility index (Phi) is 8.56. The van der Waals surface area contributed by atoms with E-state index >= 15 is 4.79 Å². The summed E-state index contributed by atoms with van der Waals surface area (Å²) in [5, 5.41) is 17.1. The van der Waals surface area contributed by atoms with Crippen LogP contribution in [0.3, 0.4) is 0 Å². The Morgan fingerprint density at radius 3 is 2.51 bits per heavy atom. The molecule has 45 heavy (non-hydrogen) atoms. The maximum absolute atomic E-state index is 15.2. The zero-order valence-corrected chi connectivity index (χ0v) is 25.7. The van der Waals surface area contributed by atoms with Crippen molar-refractivity contribution in [2.75, 3.05) is 38.1 Å². The SMILES string of the molecule is CCOc1ncccc1C1C(=O)[N+](C(=O)OC2CNc3ccccc32)(S(=O)(=O)c2ccccc2)CC(C#N)N1C1CCNCC1. The minimum Gasteiger partial charge on any atom is -0.478 e. The lowest BCUT2D eigenvalue weighted by molar-refractivity contribution is -0.666. The first-order valence-corrected chi connectivity index (χ1v) is 16.5. The number of carbonyl (C=O) groups excluding carboxylic acids is 2. The highest BCUT2D eigenvalue weighted by Gasteiger charge is 2.68. The van der Waals surface area contributed by atoms with Crippen LogP contribution in [0.2, 0.25) is 0 Å². The number of hydrogen-bond donors (Lipinski definition) is 2. The molecule has 1 aromatic heterocycles. The molecule has 0 saturated carbocycles. The molecule has 234 valence electrons. The number of quaternary nitrogens is 1. The number of anilines is 1. The van der Waals surface area contributed by atoms with Gasteiger partial charge in [-0.05, 0) is 67.1 Å². The van der Waals surface area contributed by atoms with Crippen molar-refractivity contribution in [1.29, 1.82) is 5.26 Å². The maximum atomic E-state index is 15.2. The molecule has 4 unspecified atom stereocenters. The third kappa shape index (κ3) is 5.23. The highest BCUT2D eigenvalue weighted by molar-refractivity contribution is 7.86. The molecule has 4 atom stereocenters. The van der Waals surface area contributed by atoms with Gasteiger partial charge in [-0.15, -0.1) is 0 Å². The third-order valence-corrected chi connectivity index (χ3v) is 10.9. The number of ether oxygens (including phenoxy) is 2. The fourth-order valence-electron chi connectivity index (χ4n) is 6.59. The second kappa shape index (κ2) is 12.6. The molecule has 0 bridgehead atoms. The average molecular weight is 632 g/mol. The lowest BCUT2D eigenvalue weighted by Crippen LogP contribution is -2.73. The number of imide groups is 1. The predicted octanol–water partition coefficient (Wildman–Crippen LogP) is 3.52. The molecular weight excluding hydrogens is 596 g/mol. The quantitative estimate of drug-likeness (QED) is 0.369. The van der Waals surface area contributed by atoms with Crippen molar-refractivity contribution in [3.05, 3.63) is 84.1 Å². The monoisotopic (exact) mass is 631 g/mol. The largest absolute Gasteiger partial charge is 0.540 e. The van der Waals surface area contributed by atoms with Gasteiger partial charge in [-0.1, -0.05) is 36.4 Å². The van der Waals surface area contributed by atoms with E-state index < -0.39 is 50.6 Å². The van der Waals surface area contributed by atoms with Crippen LogP contribution in [0.25, 0.3) is 0 Å². The lowest BCUT2D eigenvalue weighted by Gasteiger charge is -2.48. The number of sulfonamides is 1. The molecule has 12 nitrogen and oxygen atoms in total. The van der Waals surface area contributed by atoms with Gasteiger partial charge < -0.3 is 20.1 Å². The standard InChI is InChI=1S/C32H35N6O6S/c1-2-43-30-26(12-8-16-35-30)29-31(39)38(45(41,42)24-9-4-3-5-10-24,21-23(19-33)37(29)22-14-17-34-18-15-22)32(40)44-28-20-36-27-13-7-6-11-25(27)28/h3-13,16,22-23,28-29,34,36H,2,14-15,17-18,20-21H2,1H3/q+1. The van der Waals surface area contributed by atoms with Crippen LogP contribution in [-0.4, -0.2) is 79.1 Å². The number of para-hydroxylation sites is 1. The summed E-state index contributed by atoms with van der Waals surface area (Å²) in [5.74, 6) is -0.810. The van der Waals surface area contributed by atoms with Crippen LogP contribution < -0.4 is 15.4 Å². The Labute approximate surface area is 262 Å². The summed E-state index contributed by atoms with van der Waals surface area (Å²) in [7, 11) is -4.81. The smallest absolute Gasteiger partial charge is 0.478 e. The molecule has 0 radical (unpaired) electrons. The molecule has 3 aliphatic heterocycles. The van der Waals surface area contributed by atoms with E-state index in [9.17, 15) is 18.5 Å². The second-order valence-electron chi connectivity index (χ2n) is 11.2. The molecule has 6 rings (SSSR count). The molecule has 3 aliphatic rings. The van der Waals surface area contributed by atoms with Crippen LogP contribution in [0.5, 0.6) is 5.88 Å². The summed E-state index contributed by atoms with van der Waals surface area (Å²) in [5.41, 5.74) is 1.70. The van der Waals surface area contributed by atoms with Crippen LogP contribution in [0, 0.1) is 11.3 Å².